The van der Waals surface area contributed by atoms with Gasteiger partial charge in [-0.1, -0.05) is 0 Å². The maximum absolute atomic E-state index is 13.5. The summed E-state index contributed by atoms with van der Waals surface area (Å²) >= 11 is 0. The number of carbonyl (C=O) groups is 1. The van der Waals surface area contributed by atoms with Gasteiger partial charge in [0.15, 0.2) is 0 Å². The molecule has 1 aromatic carbocycles. The molecule has 1 atom stereocenters. The molecule has 0 saturated carbocycles. The highest BCUT2D eigenvalue weighted by atomic mass is 19.1. The van der Waals surface area contributed by atoms with E-state index < -0.39 is 23.3 Å². The average Bonchev–Trinajstić information content (AvgIpc) is 2.57. The second-order valence-corrected chi connectivity index (χ2v) is 5.59. The molecular weight excluding hydrogens is 252 g/mol. The number of aliphatic hydroxyl groups is 1. The Balaban J connectivity index is 2.15. The largest absolute Gasteiger partial charge is 0.391 e. The van der Waals surface area contributed by atoms with Gasteiger partial charge in [0, 0.05) is 17.6 Å². The number of carbonyl (C=O) groups excluding carboxylic acids is 1. The number of hydrogen-bond acceptors (Lipinski definition) is 2. The Kier molecular flexibility index (Phi) is 3.58. The summed E-state index contributed by atoms with van der Waals surface area (Å²) in [4.78, 5) is 13.7. The van der Waals surface area contributed by atoms with Gasteiger partial charge in [-0.3, -0.25) is 4.79 Å². The van der Waals surface area contributed by atoms with Gasteiger partial charge >= 0.3 is 0 Å². The summed E-state index contributed by atoms with van der Waals surface area (Å²) in [5.41, 5.74) is -0.414. The zero-order valence-electron chi connectivity index (χ0n) is 11.0. The van der Waals surface area contributed by atoms with Crippen LogP contribution in [-0.4, -0.2) is 34.1 Å². The fraction of sp³-hybridized carbons (Fsp3) is 0.500. The van der Waals surface area contributed by atoms with Crippen LogP contribution in [0.25, 0.3) is 0 Å². The SMILES string of the molecule is CC1(C)CC(O)CN1C(=O)Cc1cc(F)ccc1F. The van der Waals surface area contributed by atoms with Crippen molar-refractivity contribution in [1.29, 1.82) is 0 Å². The molecular formula is C14H17F2NO2. The lowest BCUT2D eigenvalue weighted by molar-refractivity contribution is -0.133. The van der Waals surface area contributed by atoms with Gasteiger partial charge in [-0.2, -0.15) is 0 Å². The van der Waals surface area contributed by atoms with E-state index in [0.29, 0.717) is 6.42 Å². The monoisotopic (exact) mass is 269 g/mol. The number of aliphatic hydroxyl groups excluding tert-OH is 1. The summed E-state index contributed by atoms with van der Waals surface area (Å²) in [7, 11) is 0. The summed E-state index contributed by atoms with van der Waals surface area (Å²) in [5.74, 6) is -1.46. The lowest BCUT2D eigenvalue weighted by atomic mass is 10.0. The summed E-state index contributed by atoms with van der Waals surface area (Å²) in [6.07, 6.45) is -0.263. The number of halogens is 2. The maximum atomic E-state index is 13.5. The summed E-state index contributed by atoms with van der Waals surface area (Å²) in [6.45, 7) is 3.94. The van der Waals surface area contributed by atoms with Crippen LogP contribution in [0.5, 0.6) is 0 Å². The Bertz CT molecular complexity index is 502. The molecule has 1 aliphatic rings. The van der Waals surface area contributed by atoms with E-state index in [1.54, 1.807) is 0 Å². The van der Waals surface area contributed by atoms with Gasteiger partial charge in [0.25, 0.3) is 0 Å². The third-order valence-corrected chi connectivity index (χ3v) is 3.51. The Morgan fingerprint density at radius 1 is 1.47 bits per heavy atom. The summed E-state index contributed by atoms with van der Waals surface area (Å²) in [6, 6.07) is 3.07. The number of likely N-dealkylation sites (tertiary alicyclic amines) is 1. The van der Waals surface area contributed by atoms with Crippen molar-refractivity contribution >= 4 is 5.91 Å². The third kappa shape index (κ3) is 2.92. The van der Waals surface area contributed by atoms with Crippen LogP contribution in [0, 0.1) is 11.6 Å². The minimum Gasteiger partial charge on any atom is -0.391 e. The molecule has 1 aliphatic heterocycles. The van der Waals surface area contributed by atoms with Crippen LogP contribution in [0.1, 0.15) is 25.8 Å². The number of rotatable bonds is 2. The Morgan fingerprint density at radius 2 is 2.16 bits per heavy atom. The van der Waals surface area contributed by atoms with Gasteiger partial charge in [-0.15, -0.1) is 0 Å². The van der Waals surface area contributed by atoms with Gasteiger partial charge in [0.1, 0.15) is 11.6 Å². The molecule has 1 fully saturated rings. The molecule has 3 nitrogen and oxygen atoms in total. The molecule has 19 heavy (non-hydrogen) atoms. The van der Waals surface area contributed by atoms with E-state index in [0.717, 1.165) is 18.2 Å². The smallest absolute Gasteiger partial charge is 0.227 e. The molecule has 5 heteroatoms. The van der Waals surface area contributed by atoms with E-state index in [4.69, 9.17) is 0 Å². The van der Waals surface area contributed by atoms with Crippen molar-refractivity contribution in [2.24, 2.45) is 0 Å². The number of nitrogens with zero attached hydrogens (tertiary/aromatic N) is 1. The standard InChI is InChI=1S/C14H17F2NO2/c1-14(2)7-11(18)8-17(14)13(19)6-9-5-10(15)3-4-12(9)16/h3-5,11,18H,6-8H2,1-2H3. The maximum Gasteiger partial charge on any atom is 0.227 e. The molecule has 1 aromatic rings. The zero-order valence-corrected chi connectivity index (χ0v) is 11.0. The number of amides is 1. The highest BCUT2D eigenvalue weighted by Crippen LogP contribution is 2.29. The second-order valence-electron chi connectivity index (χ2n) is 5.59. The van der Waals surface area contributed by atoms with E-state index in [9.17, 15) is 18.7 Å². The molecule has 1 amide bonds. The first kappa shape index (κ1) is 13.9. The summed E-state index contributed by atoms with van der Waals surface area (Å²) in [5, 5.41) is 9.62. The second kappa shape index (κ2) is 4.89. The average molecular weight is 269 g/mol. The van der Waals surface area contributed by atoms with Crippen LogP contribution in [-0.2, 0) is 11.2 Å². The normalized spacial score (nSPS) is 21.7. The first-order valence-electron chi connectivity index (χ1n) is 6.22. The molecule has 0 aliphatic carbocycles. The quantitative estimate of drug-likeness (QED) is 0.890. The first-order valence-corrected chi connectivity index (χ1v) is 6.22. The van der Waals surface area contributed by atoms with Crippen molar-refractivity contribution in [2.45, 2.75) is 38.3 Å². The minimum absolute atomic E-state index is 0.0437. The predicted octanol–water partition coefficient (Wildman–Crippen LogP) is 1.88. The number of benzene rings is 1. The molecule has 104 valence electrons. The molecule has 0 aromatic heterocycles. The number of β-amino-alcohol motifs (C(OH)–C–C–N with tert-alkyl or cyclic N) is 1. The topological polar surface area (TPSA) is 40.5 Å². The van der Waals surface area contributed by atoms with Crippen molar-refractivity contribution in [1.82, 2.24) is 4.90 Å². The van der Waals surface area contributed by atoms with Gasteiger partial charge in [-0.25, -0.2) is 8.78 Å². The highest BCUT2D eigenvalue weighted by molar-refractivity contribution is 5.80. The lowest BCUT2D eigenvalue weighted by Gasteiger charge is -2.31. The van der Waals surface area contributed by atoms with Gasteiger partial charge in [0.2, 0.25) is 5.91 Å². The fourth-order valence-corrected chi connectivity index (χ4v) is 2.59. The van der Waals surface area contributed by atoms with Crippen LogP contribution >= 0.6 is 0 Å². The Labute approximate surface area is 110 Å². The van der Waals surface area contributed by atoms with Crippen molar-refractivity contribution in [3.63, 3.8) is 0 Å². The van der Waals surface area contributed by atoms with Gasteiger partial charge < -0.3 is 10.0 Å². The summed E-state index contributed by atoms with van der Waals surface area (Å²) < 4.78 is 26.6. The van der Waals surface area contributed by atoms with Gasteiger partial charge in [-0.05, 0) is 38.5 Å². The van der Waals surface area contributed by atoms with Crippen LogP contribution in [0.4, 0.5) is 8.78 Å². The molecule has 1 N–H and O–H groups in total. The van der Waals surface area contributed by atoms with Crippen LogP contribution in [0.2, 0.25) is 0 Å². The fourth-order valence-electron chi connectivity index (χ4n) is 2.59. The van der Waals surface area contributed by atoms with Crippen LogP contribution in [0.15, 0.2) is 18.2 Å². The number of hydrogen-bond donors (Lipinski definition) is 1. The van der Waals surface area contributed by atoms with Crippen LogP contribution < -0.4 is 0 Å². The van der Waals surface area contributed by atoms with Crippen molar-refractivity contribution < 1.29 is 18.7 Å². The van der Waals surface area contributed by atoms with E-state index in [-0.39, 0.29) is 24.4 Å². The van der Waals surface area contributed by atoms with E-state index in [2.05, 4.69) is 0 Å². The highest BCUT2D eigenvalue weighted by Gasteiger charge is 2.40. The minimum atomic E-state index is -0.590. The van der Waals surface area contributed by atoms with Crippen molar-refractivity contribution in [2.75, 3.05) is 6.54 Å². The Hall–Kier alpha value is -1.49. The van der Waals surface area contributed by atoms with E-state index in [1.807, 2.05) is 13.8 Å². The zero-order chi connectivity index (χ0) is 14.2. The van der Waals surface area contributed by atoms with E-state index >= 15 is 0 Å². The van der Waals surface area contributed by atoms with Crippen molar-refractivity contribution in [3.8, 4) is 0 Å². The van der Waals surface area contributed by atoms with Crippen LogP contribution in [0.3, 0.4) is 0 Å². The van der Waals surface area contributed by atoms with Gasteiger partial charge in [0.05, 0.1) is 12.5 Å². The molecule has 0 bridgehead atoms. The Morgan fingerprint density at radius 3 is 2.74 bits per heavy atom. The molecule has 2 rings (SSSR count). The predicted molar refractivity (Wildman–Crippen MR) is 66.5 cm³/mol. The first-order chi connectivity index (χ1) is 8.79. The third-order valence-electron chi connectivity index (χ3n) is 3.51. The van der Waals surface area contributed by atoms with E-state index in [1.165, 1.54) is 4.90 Å². The molecule has 0 spiro atoms. The molecule has 0 radical (unpaired) electrons. The molecule has 1 saturated heterocycles. The molecule has 1 unspecified atom stereocenters. The molecule has 1 heterocycles. The lowest BCUT2D eigenvalue weighted by Crippen LogP contribution is -2.43. The van der Waals surface area contributed by atoms with Crippen molar-refractivity contribution in [3.05, 3.63) is 35.4 Å².